The quantitative estimate of drug-likeness (QED) is 0.355. The molecule has 1 aliphatic carbocycles. The first-order valence-electron chi connectivity index (χ1n) is 10.4. The molecule has 8 heteroatoms. The molecule has 1 aromatic carbocycles. The van der Waals surface area contributed by atoms with E-state index in [-0.39, 0.29) is 41.3 Å². The predicted octanol–water partition coefficient (Wildman–Crippen LogP) is 3.20. The second-order valence-electron chi connectivity index (χ2n) is 7.82. The molecule has 1 aliphatic heterocycles. The summed E-state index contributed by atoms with van der Waals surface area (Å²) < 4.78 is 16.3. The van der Waals surface area contributed by atoms with Crippen molar-refractivity contribution in [3.63, 3.8) is 0 Å². The average molecular weight is 512 g/mol. The Kier molecular flexibility index (Phi) is 7.13. The lowest BCUT2D eigenvalue weighted by Gasteiger charge is -2.26. The Morgan fingerprint density at radius 2 is 2.10 bits per heavy atom. The van der Waals surface area contributed by atoms with Crippen LogP contribution in [0.15, 0.2) is 29.3 Å². The molecule has 1 aromatic heterocycles. The summed E-state index contributed by atoms with van der Waals surface area (Å²) in [6.07, 6.45) is 4.76. The normalized spacial score (nSPS) is 19.8. The number of aryl methyl sites for hydroxylation is 2. The molecule has 1 unspecified atom stereocenters. The lowest BCUT2D eigenvalue weighted by molar-refractivity contribution is 0.392. The Hall–Kier alpha value is -1.71. The van der Waals surface area contributed by atoms with Crippen molar-refractivity contribution < 1.29 is 4.39 Å². The van der Waals surface area contributed by atoms with Gasteiger partial charge in [0.1, 0.15) is 11.6 Å². The van der Waals surface area contributed by atoms with Crippen molar-refractivity contribution in [1.29, 1.82) is 0 Å². The van der Waals surface area contributed by atoms with Crippen LogP contribution in [-0.4, -0.2) is 39.9 Å². The Labute approximate surface area is 188 Å². The smallest absolute Gasteiger partial charge is 0.191 e. The largest absolute Gasteiger partial charge is 0.357 e. The Bertz CT molecular complexity index is 861. The van der Waals surface area contributed by atoms with Gasteiger partial charge in [0.2, 0.25) is 0 Å². The molecule has 6 nitrogen and oxygen atoms in total. The molecule has 2 aromatic rings. The van der Waals surface area contributed by atoms with Crippen LogP contribution >= 0.6 is 24.0 Å². The standard InChI is InChI=1S/C21H29FN6.HI/c1-3-18-26-19-10-9-15(13-28(19)27-18)25-20(23-4-2)24-14-21(11-12-21)16-7-5-6-8-17(16)22;/h5-8,15H,3-4,9-14H2,1-2H3,(H2,23,24,25);1H. The highest BCUT2D eigenvalue weighted by atomic mass is 127. The van der Waals surface area contributed by atoms with Crippen molar-refractivity contribution in [1.82, 2.24) is 25.4 Å². The van der Waals surface area contributed by atoms with Crippen LogP contribution < -0.4 is 10.6 Å². The summed E-state index contributed by atoms with van der Waals surface area (Å²) in [4.78, 5) is 9.40. The third-order valence-corrected chi connectivity index (χ3v) is 5.74. The van der Waals surface area contributed by atoms with E-state index in [1.165, 1.54) is 0 Å². The zero-order valence-corrected chi connectivity index (χ0v) is 19.4. The van der Waals surface area contributed by atoms with Gasteiger partial charge in [0.05, 0.1) is 13.1 Å². The maximum absolute atomic E-state index is 14.2. The molecular weight excluding hydrogens is 482 g/mol. The molecule has 2 aliphatic rings. The molecule has 29 heavy (non-hydrogen) atoms. The van der Waals surface area contributed by atoms with Gasteiger partial charge in [-0.2, -0.15) is 5.10 Å². The minimum absolute atomic E-state index is 0. The minimum atomic E-state index is -0.143. The minimum Gasteiger partial charge on any atom is -0.357 e. The van der Waals surface area contributed by atoms with Crippen LogP contribution in [0.1, 0.15) is 50.3 Å². The highest BCUT2D eigenvalue weighted by molar-refractivity contribution is 14.0. The summed E-state index contributed by atoms with van der Waals surface area (Å²) in [5, 5.41) is 11.5. The van der Waals surface area contributed by atoms with Gasteiger partial charge in [-0.1, -0.05) is 25.1 Å². The molecule has 1 saturated carbocycles. The van der Waals surface area contributed by atoms with Crippen molar-refractivity contribution in [3.8, 4) is 0 Å². The lowest BCUT2D eigenvalue weighted by Crippen LogP contribution is -2.47. The van der Waals surface area contributed by atoms with E-state index in [1.807, 2.05) is 16.8 Å². The number of rotatable bonds is 6. The maximum atomic E-state index is 14.2. The van der Waals surface area contributed by atoms with Crippen molar-refractivity contribution in [2.75, 3.05) is 13.1 Å². The van der Waals surface area contributed by atoms with Gasteiger partial charge < -0.3 is 10.6 Å². The molecule has 1 atom stereocenters. The van der Waals surface area contributed by atoms with Crippen molar-refractivity contribution >= 4 is 29.9 Å². The predicted molar refractivity (Wildman–Crippen MR) is 123 cm³/mol. The van der Waals surface area contributed by atoms with E-state index in [4.69, 9.17) is 4.99 Å². The van der Waals surface area contributed by atoms with E-state index in [9.17, 15) is 4.39 Å². The van der Waals surface area contributed by atoms with E-state index in [0.717, 1.165) is 68.4 Å². The number of aromatic nitrogens is 3. The fourth-order valence-corrected chi connectivity index (χ4v) is 3.93. The second-order valence-corrected chi connectivity index (χ2v) is 7.82. The number of fused-ring (bicyclic) bond motifs is 1. The number of guanidine groups is 1. The molecule has 158 valence electrons. The SMILES string of the molecule is CCNC(=NCC1(c2ccccc2F)CC1)NC1CCc2nc(CC)nn2C1.I. The molecule has 0 saturated heterocycles. The van der Waals surface area contributed by atoms with Crippen molar-refractivity contribution in [2.45, 2.75) is 64.0 Å². The van der Waals surface area contributed by atoms with E-state index in [1.54, 1.807) is 12.1 Å². The summed E-state index contributed by atoms with van der Waals surface area (Å²) in [6.45, 7) is 6.33. The highest BCUT2D eigenvalue weighted by Gasteiger charge is 2.45. The van der Waals surface area contributed by atoms with Gasteiger partial charge in [0, 0.05) is 30.8 Å². The van der Waals surface area contributed by atoms with Crippen molar-refractivity contribution in [3.05, 3.63) is 47.3 Å². The van der Waals surface area contributed by atoms with Gasteiger partial charge in [0.15, 0.2) is 11.8 Å². The third-order valence-electron chi connectivity index (χ3n) is 5.74. The summed E-state index contributed by atoms with van der Waals surface area (Å²) >= 11 is 0. The Balaban J connectivity index is 0.00000240. The number of hydrogen-bond acceptors (Lipinski definition) is 3. The zero-order valence-electron chi connectivity index (χ0n) is 17.1. The van der Waals surface area contributed by atoms with Gasteiger partial charge >= 0.3 is 0 Å². The summed E-state index contributed by atoms with van der Waals surface area (Å²) in [7, 11) is 0. The first kappa shape index (κ1) is 22.0. The lowest BCUT2D eigenvalue weighted by atomic mass is 9.95. The van der Waals surface area contributed by atoms with Gasteiger partial charge in [-0.05, 0) is 37.8 Å². The number of nitrogens with one attached hydrogen (secondary N) is 2. The van der Waals surface area contributed by atoms with Gasteiger partial charge in [-0.15, -0.1) is 24.0 Å². The number of nitrogens with zero attached hydrogens (tertiary/aromatic N) is 4. The van der Waals surface area contributed by atoms with Gasteiger partial charge in [0.25, 0.3) is 0 Å². The first-order valence-corrected chi connectivity index (χ1v) is 10.4. The van der Waals surface area contributed by atoms with E-state index >= 15 is 0 Å². The van der Waals surface area contributed by atoms with Gasteiger partial charge in [-0.25, -0.2) is 14.1 Å². The summed E-state index contributed by atoms with van der Waals surface area (Å²) in [5.74, 6) is 2.67. The van der Waals surface area contributed by atoms with Crippen LogP contribution in [0.5, 0.6) is 0 Å². The van der Waals surface area contributed by atoms with E-state index < -0.39 is 0 Å². The number of benzene rings is 1. The molecule has 0 spiro atoms. The van der Waals surface area contributed by atoms with Crippen LogP contribution in [0.4, 0.5) is 4.39 Å². The average Bonchev–Trinajstić information content (AvgIpc) is 3.37. The zero-order chi connectivity index (χ0) is 19.6. The van der Waals surface area contributed by atoms with Crippen molar-refractivity contribution in [2.24, 2.45) is 4.99 Å². The summed E-state index contributed by atoms with van der Waals surface area (Å²) in [6, 6.07) is 7.37. The number of hydrogen-bond donors (Lipinski definition) is 2. The van der Waals surface area contributed by atoms with Gasteiger partial charge in [-0.3, -0.25) is 4.99 Å². The van der Waals surface area contributed by atoms with Crippen LogP contribution in [0.2, 0.25) is 0 Å². The Morgan fingerprint density at radius 1 is 1.31 bits per heavy atom. The van der Waals surface area contributed by atoms with Crippen LogP contribution in [0.3, 0.4) is 0 Å². The molecule has 0 amide bonds. The van der Waals surface area contributed by atoms with E-state index in [2.05, 4.69) is 34.6 Å². The molecule has 2 heterocycles. The Morgan fingerprint density at radius 3 is 2.79 bits per heavy atom. The second kappa shape index (κ2) is 9.40. The van der Waals surface area contributed by atoms with Crippen LogP contribution in [-0.2, 0) is 24.8 Å². The molecular formula is C21H30FIN6. The monoisotopic (exact) mass is 512 g/mol. The number of aliphatic imine (C=N–C) groups is 1. The van der Waals surface area contributed by atoms with E-state index in [0.29, 0.717) is 6.54 Å². The van der Waals surface area contributed by atoms with Crippen LogP contribution in [0, 0.1) is 5.82 Å². The first-order chi connectivity index (χ1) is 13.6. The summed E-state index contributed by atoms with van der Waals surface area (Å²) in [5.41, 5.74) is 0.654. The van der Waals surface area contributed by atoms with Crippen LogP contribution in [0.25, 0.3) is 0 Å². The third kappa shape index (κ3) is 4.90. The topological polar surface area (TPSA) is 67.1 Å². The highest BCUT2D eigenvalue weighted by Crippen LogP contribution is 2.49. The molecule has 1 fully saturated rings. The molecule has 0 bridgehead atoms. The maximum Gasteiger partial charge on any atom is 0.191 e. The fraction of sp³-hybridized carbons (Fsp3) is 0.571. The fourth-order valence-electron chi connectivity index (χ4n) is 3.93. The number of halogens is 2. The molecule has 2 N–H and O–H groups in total. The molecule has 4 rings (SSSR count). The molecule has 0 radical (unpaired) electrons.